The van der Waals surface area contributed by atoms with Crippen molar-refractivity contribution in [3.05, 3.63) is 18.2 Å². The summed E-state index contributed by atoms with van der Waals surface area (Å²) in [6.07, 6.45) is 2.28. The molecule has 0 bridgehead atoms. The molecule has 76 valence electrons. The number of rotatable bonds is 1. The molecular formula is C10H15N3O. The van der Waals surface area contributed by atoms with Crippen LogP contribution in [-0.4, -0.2) is 13.2 Å². The molecule has 0 aliphatic carbocycles. The predicted octanol–water partition coefficient (Wildman–Crippen LogP) is 1.38. The van der Waals surface area contributed by atoms with E-state index in [0.717, 1.165) is 31.7 Å². The minimum atomic E-state index is 0.608. The largest absolute Gasteiger partial charge is 0.397 e. The van der Waals surface area contributed by atoms with Gasteiger partial charge in [0.05, 0.1) is 23.7 Å². The van der Waals surface area contributed by atoms with E-state index in [-0.39, 0.29) is 0 Å². The number of nitrogen functional groups attached to an aromatic ring is 2. The van der Waals surface area contributed by atoms with Crippen molar-refractivity contribution in [2.24, 2.45) is 0 Å². The second kappa shape index (κ2) is 3.75. The van der Waals surface area contributed by atoms with Crippen molar-refractivity contribution >= 4 is 17.1 Å². The summed E-state index contributed by atoms with van der Waals surface area (Å²) in [5.41, 5.74) is 13.6. The van der Waals surface area contributed by atoms with E-state index in [1.54, 1.807) is 0 Å². The normalized spacial score (nSPS) is 17.0. The standard InChI is InChI=1S/C10H15N3O/c11-9-4-3-8(7-10(9)12)13-5-1-2-6-14-13/h3-4,7H,1-2,5-6,11-12H2. The number of anilines is 3. The van der Waals surface area contributed by atoms with Crippen molar-refractivity contribution in [3.63, 3.8) is 0 Å². The molecule has 0 spiro atoms. The highest BCUT2D eigenvalue weighted by molar-refractivity contribution is 5.69. The van der Waals surface area contributed by atoms with E-state index < -0.39 is 0 Å². The maximum absolute atomic E-state index is 5.72. The molecule has 0 unspecified atom stereocenters. The summed E-state index contributed by atoms with van der Waals surface area (Å²) >= 11 is 0. The van der Waals surface area contributed by atoms with Crippen LogP contribution in [0.1, 0.15) is 12.8 Å². The molecule has 1 aliphatic rings. The van der Waals surface area contributed by atoms with E-state index in [4.69, 9.17) is 16.3 Å². The fourth-order valence-electron chi connectivity index (χ4n) is 1.52. The smallest absolute Gasteiger partial charge is 0.0749 e. The van der Waals surface area contributed by atoms with Crippen LogP contribution in [0.3, 0.4) is 0 Å². The van der Waals surface area contributed by atoms with E-state index in [1.165, 1.54) is 0 Å². The molecule has 1 saturated heterocycles. The van der Waals surface area contributed by atoms with Crippen molar-refractivity contribution < 1.29 is 4.84 Å². The predicted molar refractivity (Wildman–Crippen MR) is 57.8 cm³/mol. The molecule has 4 heteroatoms. The van der Waals surface area contributed by atoms with Crippen LogP contribution in [0.4, 0.5) is 17.1 Å². The Morgan fingerprint density at radius 3 is 2.64 bits per heavy atom. The van der Waals surface area contributed by atoms with Gasteiger partial charge in [0.25, 0.3) is 0 Å². The van der Waals surface area contributed by atoms with Gasteiger partial charge in [-0.1, -0.05) is 0 Å². The number of hydrogen-bond acceptors (Lipinski definition) is 4. The van der Waals surface area contributed by atoms with Gasteiger partial charge in [-0.15, -0.1) is 0 Å². The molecular weight excluding hydrogens is 178 g/mol. The van der Waals surface area contributed by atoms with Crippen molar-refractivity contribution in [2.75, 3.05) is 29.7 Å². The minimum absolute atomic E-state index is 0.608. The van der Waals surface area contributed by atoms with Crippen LogP contribution in [0.15, 0.2) is 18.2 Å². The van der Waals surface area contributed by atoms with Gasteiger partial charge in [-0.3, -0.25) is 9.90 Å². The first kappa shape index (κ1) is 9.15. The van der Waals surface area contributed by atoms with Crippen LogP contribution in [-0.2, 0) is 4.84 Å². The lowest BCUT2D eigenvalue weighted by molar-refractivity contribution is 0.0779. The molecule has 0 radical (unpaired) electrons. The van der Waals surface area contributed by atoms with Gasteiger partial charge >= 0.3 is 0 Å². The fraction of sp³-hybridized carbons (Fsp3) is 0.400. The van der Waals surface area contributed by atoms with E-state index in [1.807, 2.05) is 23.3 Å². The van der Waals surface area contributed by atoms with Crippen molar-refractivity contribution in [3.8, 4) is 0 Å². The zero-order chi connectivity index (χ0) is 9.97. The number of nitrogens with two attached hydrogens (primary N) is 2. The molecule has 4 N–H and O–H groups in total. The molecule has 0 aromatic heterocycles. The molecule has 0 amide bonds. The first-order valence-corrected chi connectivity index (χ1v) is 4.83. The Morgan fingerprint density at radius 2 is 2.00 bits per heavy atom. The molecule has 2 rings (SSSR count). The molecule has 1 fully saturated rings. The van der Waals surface area contributed by atoms with Gasteiger partial charge in [0.15, 0.2) is 0 Å². The summed E-state index contributed by atoms with van der Waals surface area (Å²) in [4.78, 5) is 5.50. The van der Waals surface area contributed by atoms with E-state index >= 15 is 0 Å². The Hall–Kier alpha value is -1.42. The zero-order valence-corrected chi connectivity index (χ0v) is 8.07. The Bertz CT molecular complexity index is 321. The average Bonchev–Trinajstić information content (AvgIpc) is 2.23. The number of hydrogen-bond donors (Lipinski definition) is 2. The Balaban J connectivity index is 2.18. The van der Waals surface area contributed by atoms with Gasteiger partial charge in [0.1, 0.15) is 0 Å². The first-order valence-electron chi connectivity index (χ1n) is 4.83. The second-order valence-corrected chi connectivity index (χ2v) is 3.46. The molecule has 4 nitrogen and oxygen atoms in total. The summed E-state index contributed by atoms with van der Waals surface area (Å²) in [5, 5.41) is 1.87. The third kappa shape index (κ3) is 1.75. The average molecular weight is 193 g/mol. The van der Waals surface area contributed by atoms with Crippen LogP contribution < -0.4 is 16.5 Å². The Morgan fingerprint density at radius 1 is 1.14 bits per heavy atom. The van der Waals surface area contributed by atoms with E-state index in [0.29, 0.717) is 11.4 Å². The quantitative estimate of drug-likeness (QED) is 0.661. The Labute approximate surface area is 83.4 Å². The van der Waals surface area contributed by atoms with Crippen LogP contribution in [0.25, 0.3) is 0 Å². The zero-order valence-electron chi connectivity index (χ0n) is 8.07. The maximum Gasteiger partial charge on any atom is 0.0749 e. The summed E-state index contributed by atoms with van der Waals surface area (Å²) in [6, 6.07) is 5.58. The molecule has 1 aromatic carbocycles. The number of hydroxylamine groups is 1. The van der Waals surface area contributed by atoms with Crippen LogP contribution >= 0.6 is 0 Å². The van der Waals surface area contributed by atoms with Crippen LogP contribution in [0.2, 0.25) is 0 Å². The highest BCUT2D eigenvalue weighted by Gasteiger charge is 2.12. The topological polar surface area (TPSA) is 64.5 Å². The third-order valence-corrected chi connectivity index (χ3v) is 2.36. The molecule has 0 saturated carbocycles. The summed E-state index contributed by atoms with van der Waals surface area (Å²) < 4.78 is 0. The highest BCUT2D eigenvalue weighted by atomic mass is 16.7. The monoisotopic (exact) mass is 193 g/mol. The lowest BCUT2D eigenvalue weighted by Crippen LogP contribution is -2.29. The van der Waals surface area contributed by atoms with Gasteiger partial charge in [0, 0.05) is 6.54 Å². The van der Waals surface area contributed by atoms with E-state index in [2.05, 4.69) is 0 Å². The van der Waals surface area contributed by atoms with Crippen LogP contribution in [0.5, 0.6) is 0 Å². The maximum atomic E-state index is 5.72. The molecule has 1 aliphatic heterocycles. The second-order valence-electron chi connectivity index (χ2n) is 3.46. The molecule has 0 atom stereocenters. The fourth-order valence-corrected chi connectivity index (χ4v) is 1.52. The molecule has 14 heavy (non-hydrogen) atoms. The Kier molecular flexibility index (Phi) is 2.45. The molecule has 1 heterocycles. The van der Waals surface area contributed by atoms with Crippen molar-refractivity contribution in [1.82, 2.24) is 0 Å². The lowest BCUT2D eigenvalue weighted by Gasteiger charge is -2.28. The van der Waals surface area contributed by atoms with Crippen LogP contribution in [0, 0.1) is 0 Å². The van der Waals surface area contributed by atoms with Crippen molar-refractivity contribution in [1.29, 1.82) is 0 Å². The highest BCUT2D eigenvalue weighted by Crippen LogP contribution is 2.24. The summed E-state index contributed by atoms with van der Waals surface area (Å²) in [7, 11) is 0. The summed E-state index contributed by atoms with van der Waals surface area (Å²) in [6.45, 7) is 1.70. The SMILES string of the molecule is Nc1ccc(N2CCCCO2)cc1N. The lowest BCUT2D eigenvalue weighted by atomic mass is 10.2. The van der Waals surface area contributed by atoms with Gasteiger partial charge in [-0.25, -0.2) is 0 Å². The van der Waals surface area contributed by atoms with Gasteiger partial charge in [-0.2, -0.15) is 0 Å². The van der Waals surface area contributed by atoms with Gasteiger partial charge in [0.2, 0.25) is 0 Å². The number of benzene rings is 1. The van der Waals surface area contributed by atoms with E-state index in [9.17, 15) is 0 Å². The first-order chi connectivity index (χ1) is 6.77. The summed E-state index contributed by atoms with van der Waals surface area (Å²) in [5.74, 6) is 0. The minimum Gasteiger partial charge on any atom is -0.397 e. The third-order valence-electron chi connectivity index (χ3n) is 2.36. The number of nitrogens with zero attached hydrogens (tertiary/aromatic N) is 1. The molecule has 1 aromatic rings. The van der Waals surface area contributed by atoms with Crippen molar-refractivity contribution in [2.45, 2.75) is 12.8 Å². The van der Waals surface area contributed by atoms with Gasteiger partial charge < -0.3 is 11.5 Å². The van der Waals surface area contributed by atoms with Gasteiger partial charge in [-0.05, 0) is 31.0 Å².